The normalized spacial score (nSPS) is 10.4. The maximum atomic E-state index is 11.0. The maximum absolute atomic E-state index is 11.0. The van der Waals surface area contributed by atoms with Crippen LogP contribution in [0.4, 0.5) is 0 Å². The Bertz CT molecular complexity index is 547. The van der Waals surface area contributed by atoms with Gasteiger partial charge in [0, 0.05) is 12.6 Å². The van der Waals surface area contributed by atoms with Gasteiger partial charge in [0.2, 0.25) is 0 Å². The Balaban J connectivity index is 2.42. The van der Waals surface area contributed by atoms with Crippen molar-refractivity contribution in [3.63, 3.8) is 0 Å². The molecule has 2 aromatic rings. The van der Waals surface area contributed by atoms with Crippen molar-refractivity contribution in [1.82, 2.24) is 9.97 Å². The van der Waals surface area contributed by atoms with Crippen LogP contribution in [0.15, 0.2) is 24.7 Å². The first kappa shape index (κ1) is 11.2. The predicted molar refractivity (Wildman–Crippen MR) is 61.2 cm³/mol. The molecule has 2 rings (SSSR count). The third kappa shape index (κ3) is 2.13. The summed E-state index contributed by atoms with van der Waals surface area (Å²) in [5.41, 5.74) is 2.20. The van der Waals surface area contributed by atoms with Crippen LogP contribution < -0.4 is 0 Å². The lowest BCUT2D eigenvalue weighted by molar-refractivity contribution is 0.0693. The molecule has 88 valence electrons. The van der Waals surface area contributed by atoms with Crippen LogP contribution in [0.25, 0.3) is 0 Å². The number of carboxylic acid groups (broad SMARTS) is 1. The van der Waals surface area contributed by atoms with Crippen molar-refractivity contribution in [1.29, 1.82) is 0 Å². The molecule has 0 saturated carbocycles. The van der Waals surface area contributed by atoms with E-state index in [1.165, 1.54) is 6.07 Å². The van der Waals surface area contributed by atoms with E-state index in [0.717, 1.165) is 11.3 Å². The van der Waals surface area contributed by atoms with Crippen LogP contribution in [0.3, 0.4) is 0 Å². The summed E-state index contributed by atoms with van der Waals surface area (Å²) in [6, 6.07) is 3.12. The van der Waals surface area contributed by atoms with Gasteiger partial charge in [-0.3, -0.25) is 0 Å². The van der Waals surface area contributed by atoms with E-state index in [2.05, 4.69) is 9.97 Å². The van der Waals surface area contributed by atoms with Crippen LogP contribution >= 0.6 is 0 Å². The van der Waals surface area contributed by atoms with E-state index in [4.69, 9.17) is 5.11 Å². The van der Waals surface area contributed by atoms with Gasteiger partial charge >= 0.3 is 5.97 Å². The largest absolute Gasteiger partial charge is 0.507 e. The number of carboxylic acids is 1. The molecule has 0 bridgehead atoms. The molecule has 0 aliphatic heterocycles. The molecule has 17 heavy (non-hydrogen) atoms. The van der Waals surface area contributed by atoms with Crippen molar-refractivity contribution < 1.29 is 15.0 Å². The highest BCUT2D eigenvalue weighted by atomic mass is 16.4. The predicted octanol–water partition coefficient (Wildman–Crippen LogP) is 1.71. The summed E-state index contributed by atoms with van der Waals surface area (Å²) in [6.07, 6.45) is 3.87. The first-order chi connectivity index (χ1) is 8.09. The first-order valence-corrected chi connectivity index (χ1v) is 5.12. The van der Waals surface area contributed by atoms with Crippen LogP contribution in [0.5, 0.6) is 5.75 Å². The van der Waals surface area contributed by atoms with E-state index in [9.17, 15) is 9.90 Å². The quantitative estimate of drug-likeness (QED) is 0.751. The van der Waals surface area contributed by atoms with Gasteiger partial charge in [-0.05, 0) is 24.1 Å². The molecular weight excluding hydrogens is 220 g/mol. The second-order valence-corrected chi connectivity index (χ2v) is 3.79. The van der Waals surface area contributed by atoms with E-state index in [-0.39, 0.29) is 11.3 Å². The number of aromatic amines is 1. The molecule has 5 nitrogen and oxygen atoms in total. The van der Waals surface area contributed by atoms with E-state index < -0.39 is 5.97 Å². The molecule has 0 aliphatic carbocycles. The van der Waals surface area contributed by atoms with Gasteiger partial charge in [-0.15, -0.1) is 0 Å². The Kier molecular flexibility index (Phi) is 2.82. The van der Waals surface area contributed by atoms with Crippen LogP contribution in [0, 0.1) is 6.92 Å². The zero-order chi connectivity index (χ0) is 12.4. The van der Waals surface area contributed by atoms with Crippen LogP contribution in [-0.4, -0.2) is 26.2 Å². The van der Waals surface area contributed by atoms with Crippen LogP contribution in [0.1, 0.15) is 27.2 Å². The monoisotopic (exact) mass is 232 g/mol. The fourth-order valence-electron chi connectivity index (χ4n) is 1.78. The number of H-pyrrole nitrogens is 1. The number of hydrogen-bond acceptors (Lipinski definition) is 3. The molecule has 1 heterocycles. The molecule has 0 spiro atoms. The second kappa shape index (κ2) is 4.29. The summed E-state index contributed by atoms with van der Waals surface area (Å²) in [6.45, 7) is 1.69. The van der Waals surface area contributed by atoms with Gasteiger partial charge < -0.3 is 15.2 Å². The highest BCUT2D eigenvalue weighted by Crippen LogP contribution is 2.25. The van der Waals surface area contributed by atoms with Gasteiger partial charge in [-0.25, -0.2) is 9.78 Å². The molecule has 1 aromatic carbocycles. The first-order valence-electron chi connectivity index (χ1n) is 5.12. The summed E-state index contributed by atoms with van der Waals surface area (Å²) >= 11 is 0. The number of benzene rings is 1. The third-order valence-electron chi connectivity index (χ3n) is 2.70. The maximum Gasteiger partial charge on any atom is 0.339 e. The molecule has 0 radical (unpaired) electrons. The Labute approximate surface area is 97.8 Å². The minimum absolute atomic E-state index is 0.0435. The molecule has 0 unspecified atom stereocenters. The van der Waals surface area contributed by atoms with Crippen LogP contribution in [0.2, 0.25) is 0 Å². The number of aromatic nitrogens is 2. The number of aromatic carboxylic acids is 1. The Hall–Kier alpha value is -2.30. The molecule has 0 amide bonds. The highest BCUT2D eigenvalue weighted by molar-refractivity contribution is 5.92. The van der Waals surface area contributed by atoms with E-state index in [1.54, 1.807) is 25.5 Å². The van der Waals surface area contributed by atoms with Gasteiger partial charge in [-0.1, -0.05) is 6.07 Å². The molecule has 3 N–H and O–H groups in total. The topological polar surface area (TPSA) is 86.2 Å². The number of carbonyl (C=O) groups is 1. The minimum Gasteiger partial charge on any atom is -0.507 e. The Morgan fingerprint density at radius 1 is 1.47 bits per heavy atom. The van der Waals surface area contributed by atoms with E-state index in [0.29, 0.717) is 12.0 Å². The van der Waals surface area contributed by atoms with Crippen molar-refractivity contribution in [2.24, 2.45) is 0 Å². The van der Waals surface area contributed by atoms with Gasteiger partial charge in [-0.2, -0.15) is 0 Å². The number of rotatable bonds is 3. The summed E-state index contributed by atoms with van der Waals surface area (Å²) < 4.78 is 0. The molecule has 0 atom stereocenters. The number of nitrogens with zero attached hydrogens (tertiary/aromatic N) is 1. The standard InChI is InChI=1S/C12H12N2O3/c1-7-8(4-9-5-13-6-14-9)2-3-10(15)11(7)12(16)17/h2-3,5-6,15H,4H2,1H3,(H,13,14)(H,16,17). The third-order valence-corrected chi connectivity index (χ3v) is 2.70. The Morgan fingerprint density at radius 3 is 2.82 bits per heavy atom. The van der Waals surface area contributed by atoms with Gasteiger partial charge in [0.15, 0.2) is 0 Å². The summed E-state index contributed by atoms with van der Waals surface area (Å²) in [4.78, 5) is 17.9. The van der Waals surface area contributed by atoms with Crippen LogP contribution in [-0.2, 0) is 6.42 Å². The number of hydrogen-bond donors (Lipinski definition) is 3. The average molecular weight is 232 g/mol. The zero-order valence-corrected chi connectivity index (χ0v) is 9.27. The second-order valence-electron chi connectivity index (χ2n) is 3.79. The molecule has 0 fully saturated rings. The lowest BCUT2D eigenvalue weighted by atomic mass is 9.98. The molecule has 5 heteroatoms. The minimum atomic E-state index is -1.12. The lowest BCUT2D eigenvalue weighted by Crippen LogP contribution is -2.04. The van der Waals surface area contributed by atoms with Crippen molar-refractivity contribution in [3.05, 3.63) is 47.0 Å². The fraction of sp³-hybridized carbons (Fsp3) is 0.167. The molecule has 1 aromatic heterocycles. The van der Waals surface area contributed by atoms with Crippen molar-refractivity contribution in [2.45, 2.75) is 13.3 Å². The van der Waals surface area contributed by atoms with Crippen molar-refractivity contribution in [3.8, 4) is 5.75 Å². The van der Waals surface area contributed by atoms with Crippen molar-refractivity contribution in [2.75, 3.05) is 0 Å². The smallest absolute Gasteiger partial charge is 0.339 e. The summed E-state index contributed by atoms with van der Waals surface area (Å²) in [5, 5.41) is 18.5. The van der Waals surface area contributed by atoms with Gasteiger partial charge in [0.25, 0.3) is 0 Å². The van der Waals surface area contributed by atoms with E-state index in [1.807, 2.05) is 0 Å². The number of nitrogens with one attached hydrogen (secondary N) is 1. The van der Waals surface area contributed by atoms with E-state index >= 15 is 0 Å². The molecular formula is C12H12N2O3. The van der Waals surface area contributed by atoms with Gasteiger partial charge in [0.1, 0.15) is 11.3 Å². The Morgan fingerprint density at radius 2 is 2.24 bits per heavy atom. The fourth-order valence-corrected chi connectivity index (χ4v) is 1.78. The van der Waals surface area contributed by atoms with Crippen molar-refractivity contribution >= 4 is 5.97 Å². The highest BCUT2D eigenvalue weighted by Gasteiger charge is 2.16. The average Bonchev–Trinajstić information content (AvgIpc) is 2.74. The molecule has 0 aliphatic rings. The number of imidazole rings is 1. The molecule has 0 saturated heterocycles. The number of phenols is 1. The summed E-state index contributed by atoms with van der Waals surface area (Å²) in [7, 11) is 0. The lowest BCUT2D eigenvalue weighted by Gasteiger charge is -2.09. The van der Waals surface area contributed by atoms with Gasteiger partial charge in [0.05, 0.1) is 12.0 Å². The number of aromatic hydroxyl groups is 1. The zero-order valence-electron chi connectivity index (χ0n) is 9.27. The summed E-state index contributed by atoms with van der Waals surface area (Å²) in [5.74, 6) is -1.33. The SMILES string of the molecule is Cc1c(Cc2c[nH]cn2)ccc(O)c1C(=O)O.